The average molecular weight is 695 g/mol. The summed E-state index contributed by atoms with van der Waals surface area (Å²) in [4.78, 5) is 0. The summed E-state index contributed by atoms with van der Waals surface area (Å²) in [6.07, 6.45) is 16.1. The van der Waals surface area contributed by atoms with E-state index < -0.39 is 26.9 Å². The molecular formula is C35H54HfNSi. The molecule has 0 bridgehead atoms. The van der Waals surface area contributed by atoms with Crippen LogP contribution in [0.4, 0.5) is 0 Å². The Morgan fingerprint density at radius 3 is 1.42 bits per heavy atom. The van der Waals surface area contributed by atoms with Crippen molar-refractivity contribution in [2.24, 2.45) is 5.92 Å². The summed E-state index contributed by atoms with van der Waals surface area (Å²) in [5.74, 6) is 0.155. The zero-order valence-electron chi connectivity index (χ0n) is 25.3. The van der Waals surface area contributed by atoms with Crippen LogP contribution < -0.4 is 3.30 Å². The molecule has 1 N–H and O–H groups in total. The molecule has 2 aliphatic carbocycles. The molecule has 1 unspecified atom stereocenters. The first-order chi connectivity index (χ1) is 18.4. The van der Waals surface area contributed by atoms with Crippen LogP contribution in [0.25, 0.3) is 11.1 Å². The summed E-state index contributed by atoms with van der Waals surface area (Å²) in [5.41, 5.74) is 7.52. The molecule has 1 nitrogen and oxygen atoms in total. The SMILES string of the molecule is CC1=C(C)C(C)[C]([Hf]([NH]C2CCCCCCCCCCC2)[SiH](C)C)=C1C.c1ccc(-c2ccccc2)cc1. The van der Waals surface area contributed by atoms with E-state index in [9.17, 15) is 0 Å². The molecule has 0 amide bonds. The molecule has 38 heavy (non-hydrogen) atoms. The number of benzene rings is 2. The van der Waals surface area contributed by atoms with Gasteiger partial charge in [0.25, 0.3) is 0 Å². The van der Waals surface area contributed by atoms with Gasteiger partial charge in [-0.25, -0.2) is 0 Å². The summed E-state index contributed by atoms with van der Waals surface area (Å²) in [5, 5.41) is 0. The molecular weight excluding hydrogens is 641 g/mol. The largest absolute Gasteiger partial charge is 0.0622 e. The van der Waals surface area contributed by atoms with Gasteiger partial charge in [0.1, 0.15) is 0 Å². The molecule has 4 rings (SSSR count). The second-order valence-electron chi connectivity index (χ2n) is 12.0. The van der Waals surface area contributed by atoms with Crippen LogP contribution in [0.5, 0.6) is 0 Å². The summed E-state index contributed by atoms with van der Waals surface area (Å²) < 4.78 is 6.40. The fourth-order valence-electron chi connectivity index (χ4n) is 6.14. The van der Waals surface area contributed by atoms with E-state index in [-0.39, 0.29) is 0 Å². The quantitative estimate of drug-likeness (QED) is 0.307. The molecule has 0 spiro atoms. The van der Waals surface area contributed by atoms with Crippen molar-refractivity contribution in [3.05, 3.63) is 80.7 Å². The molecule has 0 aliphatic heterocycles. The van der Waals surface area contributed by atoms with Crippen LogP contribution in [0.15, 0.2) is 80.7 Å². The fraction of sp³-hybridized carbons (Fsp3) is 0.543. The maximum absolute atomic E-state index is 4.44. The molecule has 0 aromatic heterocycles. The molecule has 0 saturated heterocycles. The number of hydrogen-bond donors (Lipinski definition) is 1. The first-order valence-corrected chi connectivity index (χ1v) is 28.2. The van der Waals surface area contributed by atoms with Gasteiger partial charge in [0.2, 0.25) is 0 Å². The zero-order chi connectivity index (χ0) is 27.3. The number of allylic oxidation sites excluding steroid dienone is 4. The zero-order valence-corrected chi connectivity index (χ0v) is 30.0. The second-order valence-corrected chi connectivity index (χ2v) is 37.4. The van der Waals surface area contributed by atoms with Gasteiger partial charge in [0, 0.05) is 0 Å². The van der Waals surface area contributed by atoms with Crippen molar-refractivity contribution in [2.45, 2.75) is 117 Å². The number of rotatable bonds is 5. The van der Waals surface area contributed by atoms with Crippen LogP contribution in [0.2, 0.25) is 13.1 Å². The summed E-state index contributed by atoms with van der Waals surface area (Å²) in [6, 6.07) is 21.6. The maximum Gasteiger partial charge on any atom is -0.0184 e. The van der Waals surface area contributed by atoms with Crippen LogP contribution in [-0.4, -0.2) is 12.0 Å². The standard InChI is InChI=1S/C12H24N.C12H10.C9H13.C2H7Si.Hf/c13-12-10-8-6-4-2-1-3-5-7-9-11-12;1-3-7-11(8-4-1)12-9-5-2-6-10-12;1-6-5-7(2)9(4)8(6)3;1-3-2;/h12-13H,1-11H2;1-10H;6H,1-4H3;3H,1-2H3;/q-1;;;;+1. The van der Waals surface area contributed by atoms with Gasteiger partial charge in [-0.15, -0.1) is 0 Å². The van der Waals surface area contributed by atoms with E-state index in [1.165, 1.54) is 81.8 Å². The Morgan fingerprint density at radius 2 is 1.05 bits per heavy atom. The molecule has 1 atom stereocenters. The van der Waals surface area contributed by atoms with Gasteiger partial charge in [-0.1, -0.05) is 60.7 Å². The third kappa shape index (κ3) is 9.56. The first kappa shape index (κ1) is 31.5. The van der Waals surface area contributed by atoms with E-state index in [1.807, 2.05) is 15.5 Å². The first-order valence-electron chi connectivity index (χ1n) is 15.5. The van der Waals surface area contributed by atoms with Crippen molar-refractivity contribution in [3.8, 4) is 11.1 Å². The molecule has 2 aromatic rings. The summed E-state index contributed by atoms with van der Waals surface area (Å²) in [7, 11) is 0. The topological polar surface area (TPSA) is 12.0 Å². The van der Waals surface area contributed by atoms with Crippen molar-refractivity contribution >= 4 is 5.98 Å². The predicted octanol–water partition coefficient (Wildman–Crippen LogP) is 10.4. The van der Waals surface area contributed by atoms with Gasteiger partial charge in [-0.05, 0) is 11.1 Å². The van der Waals surface area contributed by atoms with Gasteiger partial charge in [0.15, 0.2) is 0 Å². The Morgan fingerprint density at radius 1 is 0.632 bits per heavy atom. The van der Waals surface area contributed by atoms with Crippen molar-refractivity contribution in [2.75, 3.05) is 0 Å². The van der Waals surface area contributed by atoms with E-state index in [4.69, 9.17) is 0 Å². The van der Waals surface area contributed by atoms with Crippen molar-refractivity contribution in [1.82, 2.24) is 3.30 Å². The normalized spacial score (nSPS) is 20.0. The van der Waals surface area contributed by atoms with E-state index in [0.717, 1.165) is 12.0 Å². The molecule has 3 heteroatoms. The van der Waals surface area contributed by atoms with Crippen LogP contribution in [0.3, 0.4) is 0 Å². The van der Waals surface area contributed by atoms with Crippen LogP contribution >= 0.6 is 0 Å². The van der Waals surface area contributed by atoms with Crippen molar-refractivity contribution in [1.29, 1.82) is 0 Å². The molecule has 2 aliphatic rings. The Bertz CT molecular complexity index is 961. The molecule has 0 radical (unpaired) electrons. The van der Waals surface area contributed by atoms with E-state index in [2.05, 4.69) is 92.6 Å². The van der Waals surface area contributed by atoms with Gasteiger partial charge in [-0.3, -0.25) is 0 Å². The van der Waals surface area contributed by atoms with Gasteiger partial charge in [-0.2, -0.15) is 0 Å². The number of hydrogen-bond acceptors (Lipinski definition) is 1. The number of nitrogens with one attached hydrogen (secondary N) is 1. The Hall–Kier alpha value is -1.03. The van der Waals surface area contributed by atoms with Gasteiger partial charge in [0.05, 0.1) is 0 Å². The molecule has 2 aromatic carbocycles. The maximum atomic E-state index is 4.44. The van der Waals surface area contributed by atoms with Crippen LogP contribution in [0, 0.1) is 5.92 Å². The monoisotopic (exact) mass is 696 g/mol. The van der Waals surface area contributed by atoms with Gasteiger partial charge < -0.3 is 0 Å². The minimum Gasteiger partial charge on any atom is -0.0622 e. The predicted molar refractivity (Wildman–Crippen MR) is 169 cm³/mol. The molecule has 207 valence electrons. The molecule has 1 saturated carbocycles. The second kappa shape index (κ2) is 16.9. The summed E-state index contributed by atoms with van der Waals surface area (Å²) in [6.45, 7) is 15.0. The molecule has 1 fully saturated rings. The smallest absolute Gasteiger partial charge is 0.0184 e. The van der Waals surface area contributed by atoms with Crippen molar-refractivity contribution in [3.63, 3.8) is 0 Å². The Kier molecular flexibility index (Phi) is 14.0. The van der Waals surface area contributed by atoms with Crippen LogP contribution in [0.1, 0.15) is 98.3 Å². The van der Waals surface area contributed by atoms with E-state index >= 15 is 0 Å². The third-order valence-corrected chi connectivity index (χ3v) is 33.9. The van der Waals surface area contributed by atoms with Crippen LogP contribution in [-0.2, 0) is 20.9 Å². The minimum atomic E-state index is -1.86. The van der Waals surface area contributed by atoms with Gasteiger partial charge >= 0.3 is 174 Å². The average Bonchev–Trinajstić information content (AvgIpc) is 3.12. The minimum absolute atomic E-state index is 0.586. The van der Waals surface area contributed by atoms with E-state index in [1.54, 1.807) is 16.7 Å². The van der Waals surface area contributed by atoms with E-state index in [0.29, 0.717) is 0 Å². The molecule has 0 heterocycles. The Labute approximate surface area is 244 Å². The van der Waals surface area contributed by atoms with Crippen molar-refractivity contribution < 1.29 is 20.9 Å². The Balaban J connectivity index is 0.000000275. The fourth-order valence-corrected chi connectivity index (χ4v) is 30.9. The summed E-state index contributed by atoms with van der Waals surface area (Å²) >= 11 is -1.86. The third-order valence-electron chi connectivity index (χ3n) is 8.85.